The van der Waals surface area contributed by atoms with E-state index < -0.39 is 5.97 Å². The number of carboxylic acids is 1. The van der Waals surface area contributed by atoms with Gasteiger partial charge in [-0.1, -0.05) is 0 Å². The summed E-state index contributed by atoms with van der Waals surface area (Å²) >= 11 is 1.05. The van der Waals surface area contributed by atoms with Gasteiger partial charge in [-0.2, -0.15) is 0 Å². The maximum absolute atomic E-state index is 10.7. The molecule has 6 nitrogen and oxygen atoms in total. The molecule has 2 heterocycles. The van der Waals surface area contributed by atoms with Crippen molar-refractivity contribution in [3.05, 3.63) is 23.5 Å². The topological polar surface area (TPSA) is 85.2 Å². The van der Waals surface area contributed by atoms with Crippen LogP contribution in [0.15, 0.2) is 18.6 Å². The standard InChI is InChI=1S/C10H9N3O3S/c1-2-16-8-5-11-3-6(13-8)9-12-4-7(17-9)10(14)15/h3-5H,2H2,1H3,(H,14,15). The molecule has 0 radical (unpaired) electrons. The van der Waals surface area contributed by atoms with Gasteiger partial charge < -0.3 is 9.84 Å². The van der Waals surface area contributed by atoms with Crippen molar-refractivity contribution in [3.8, 4) is 16.6 Å². The Hall–Kier alpha value is -2.02. The summed E-state index contributed by atoms with van der Waals surface area (Å²) in [4.78, 5) is 23.0. The van der Waals surface area contributed by atoms with Gasteiger partial charge in [0.2, 0.25) is 5.88 Å². The molecule has 2 aromatic rings. The number of thiazole rings is 1. The highest BCUT2D eigenvalue weighted by atomic mass is 32.1. The van der Waals surface area contributed by atoms with Crippen LogP contribution in [0.25, 0.3) is 10.7 Å². The van der Waals surface area contributed by atoms with E-state index in [0.717, 1.165) is 11.3 Å². The van der Waals surface area contributed by atoms with Crippen molar-refractivity contribution in [2.75, 3.05) is 6.61 Å². The second-order valence-corrected chi connectivity index (χ2v) is 4.04. The Morgan fingerprint density at radius 1 is 1.47 bits per heavy atom. The summed E-state index contributed by atoms with van der Waals surface area (Å²) in [6, 6.07) is 0. The van der Waals surface area contributed by atoms with E-state index in [2.05, 4.69) is 15.0 Å². The molecule has 0 bridgehead atoms. The van der Waals surface area contributed by atoms with Crippen LogP contribution in [0.3, 0.4) is 0 Å². The lowest BCUT2D eigenvalue weighted by Gasteiger charge is -2.01. The van der Waals surface area contributed by atoms with Crippen LogP contribution in [0.5, 0.6) is 5.88 Å². The van der Waals surface area contributed by atoms with Gasteiger partial charge in [-0.3, -0.25) is 4.98 Å². The normalized spacial score (nSPS) is 10.2. The van der Waals surface area contributed by atoms with Gasteiger partial charge in [-0.15, -0.1) is 11.3 Å². The number of aromatic carboxylic acids is 1. The number of ether oxygens (including phenoxy) is 1. The molecule has 0 spiro atoms. The summed E-state index contributed by atoms with van der Waals surface area (Å²) < 4.78 is 5.21. The van der Waals surface area contributed by atoms with Crippen molar-refractivity contribution in [1.29, 1.82) is 0 Å². The van der Waals surface area contributed by atoms with Crippen molar-refractivity contribution >= 4 is 17.3 Å². The number of nitrogens with zero attached hydrogens (tertiary/aromatic N) is 3. The molecule has 0 fully saturated rings. The van der Waals surface area contributed by atoms with Crippen LogP contribution < -0.4 is 4.74 Å². The quantitative estimate of drug-likeness (QED) is 0.890. The number of hydrogen-bond donors (Lipinski definition) is 1. The molecule has 88 valence electrons. The fourth-order valence-corrected chi connectivity index (χ4v) is 1.87. The highest BCUT2D eigenvalue weighted by molar-refractivity contribution is 7.16. The molecule has 17 heavy (non-hydrogen) atoms. The zero-order valence-corrected chi connectivity index (χ0v) is 9.77. The Balaban J connectivity index is 2.31. The molecule has 2 rings (SSSR count). The molecule has 0 atom stereocenters. The minimum Gasteiger partial charge on any atom is -0.477 e. The van der Waals surface area contributed by atoms with E-state index in [0.29, 0.717) is 23.2 Å². The summed E-state index contributed by atoms with van der Waals surface area (Å²) in [5, 5.41) is 9.30. The first-order valence-corrected chi connectivity index (χ1v) is 5.66. The van der Waals surface area contributed by atoms with Crippen molar-refractivity contribution < 1.29 is 14.6 Å². The van der Waals surface area contributed by atoms with Crippen LogP contribution in [-0.2, 0) is 0 Å². The third-order valence-corrected chi connectivity index (χ3v) is 2.85. The zero-order valence-electron chi connectivity index (χ0n) is 8.95. The van der Waals surface area contributed by atoms with Crippen molar-refractivity contribution in [2.24, 2.45) is 0 Å². The van der Waals surface area contributed by atoms with Gasteiger partial charge in [0.1, 0.15) is 15.6 Å². The van der Waals surface area contributed by atoms with Crippen LogP contribution in [-0.4, -0.2) is 32.6 Å². The lowest BCUT2D eigenvalue weighted by molar-refractivity contribution is 0.0702. The molecule has 0 saturated carbocycles. The van der Waals surface area contributed by atoms with E-state index >= 15 is 0 Å². The largest absolute Gasteiger partial charge is 0.477 e. The van der Waals surface area contributed by atoms with E-state index in [1.807, 2.05) is 6.92 Å². The summed E-state index contributed by atoms with van der Waals surface area (Å²) in [5.74, 6) is -0.597. The average Bonchev–Trinajstić information content (AvgIpc) is 2.79. The van der Waals surface area contributed by atoms with E-state index in [-0.39, 0.29) is 4.88 Å². The molecule has 7 heteroatoms. The molecule has 0 aromatic carbocycles. The van der Waals surface area contributed by atoms with Crippen LogP contribution in [0.1, 0.15) is 16.6 Å². The van der Waals surface area contributed by atoms with Crippen LogP contribution in [0.2, 0.25) is 0 Å². The first-order chi connectivity index (χ1) is 8.20. The Kier molecular flexibility index (Phi) is 3.29. The maximum atomic E-state index is 10.7. The van der Waals surface area contributed by atoms with E-state index in [1.165, 1.54) is 18.6 Å². The van der Waals surface area contributed by atoms with Gasteiger partial charge in [0, 0.05) is 0 Å². The van der Waals surface area contributed by atoms with Crippen molar-refractivity contribution in [2.45, 2.75) is 6.92 Å². The van der Waals surface area contributed by atoms with Crippen LogP contribution >= 0.6 is 11.3 Å². The summed E-state index contributed by atoms with van der Waals surface area (Å²) in [5.41, 5.74) is 0.508. The Morgan fingerprint density at radius 2 is 2.29 bits per heavy atom. The lowest BCUT2D eigenvalue weighted by Crippen LogP contribution is -1.96. The minimum absolute atomic E-state index is 0.170. The Labute approximate surface area is 101 Å². The monoisotopic (exact) mass is 251 g/mol. The Morgan fingerprint density at radius 3 is 2.94 bits per heavy atom. The highest BCUT2D eigenvalue weighted by Gasteiger charge is 2.11. The SMILES string of the molecule is CCOc1cncc(-c2ncc(C(=O)O)s2)n1. The van der Waals surface area contributed by atoms with Gasteiger partial charge in [0.25, 0.3) is 0 Å². The zero-order chi connectivity index (χ0) is 12.3. The predicted molar refractivity (Wildman–Crippen MR) is 61.3 cm³/mol. The number of carboxylic acid groups (broad SMARTS) is 1. The van der Waals surface area contributed by atoms with Crippen molar-refractivity contribution in [1.82, 2.24) is 15.0 Å². The fraction of sp³-hybridized carbons (Fsp3) is 0.200. The molecular weight excluding hydrogens is 242 g/mol. The van der Waals surface area contributed by atoms with Crippen molar-refractivity contribution in [3.63, 3.8) is 0 Å². The van der Waals surface area contributed by atoms with Crippen LogP contribution in [0.4, 0.5) is 0 Å². The summed E-state index contributed by atoms with van der Waals surface area (Å²) in [6.07, 6.45) is 4.32. The third kappa shape index (κ3) is 2.56. The highest BCUT2D eigenvalue weighted by Crippen LogP contribution is 2.24. The van der Waals surface area contributed by atoms with Gasteiger partial charge in [0.15, 0.2) is 0 Å². The van der Waals surface area contributed by atoms with Gasteiger partial charge in [0.05, 0.1) is 25.2 Å². The lowest BCUT2D eigenvalue weighted by atomic mass is 10.5. The number of rotatable bonds is 4. The average molecular weight is 251 g/mol. The first-order valence-electron chi connectivity index (χ1n) is 4.85. The fourth-order valence-electron chi connectivity index (χ4n) is 1.16. The molecule has 0 aliphatic carbocycles. The second-order valence-electron chi connectivity index (χ2n) is 3.01. The second kappa shape index (κ2) is 4.88. The molecule has 1 N–H and O–H groups in total. The summed E-state index contributed by atoms with van der Waals surface area (Å²) in [6.45, 7) is 2.34. The number of hydrogen-bond acceptors (Lipinski definition) is 6. The molecule has 0 unspecified atom stereocenters. The van der Waals surface area contributed by atoms with E-state index in [4.69, 9.17) is 9.84 Å². The number of carbonyl (C=O) groups is 1. The number of aromatic nitrogens is 3. The molecule has 0 aliphatic heterocycles. The smallest absolute Gasteiger partial charge is 0.347 e. The summed E-state index contributed by atoms with van der Waals surface area (Å²) in [7, 11) is 0. The molecule has 0 amide bonds. The molecular formula is C10H9N3O3S. The third-order valence-electron chi connectivity index (χ3n) is 1.84. The van der Waals surface area contributed by atoms with Crippen LogP contribution in [0, 0.1) is 0 Å². The predicted octanol–water partition coefficient (Wildman–Crippen LogP) is 1.70. The van der Waals surface area contributed by atoms with E-state index in [9.17, 15) is 4.79 Å². The maximum Gasteiger partial charge on any atom is 0.347 e. The first kappa shape index (κ1) is 11.5. The molecule has 2 aromatic heterocycles. The minimum atomic E-state index is -0.998. The van der Waals surface area contributed by atoms with Gasteiger partial charge >= 0.3 is 5.97 Å². The molecule has 0 saturated heterocycles. The van der Waals surface area contributed by atoms with E-state index in [1.54, 1.807) is 0 Å². The Bertz CT molecular complexity index is 541. The molecule has 0 aliphatic rings. The van der Waals surface area contributed by atoms with Gasteiger partial charge in [-0.25, -0.2) is 14.8 Å². The van der Waals surface area contributed by atoms with Gasteiger partial charge in [-0.05, 0) is 6.92 Å².